The van der Waals surface area contributed by atoms with Gasteiger partial charge in [0.1, 0.15) is 5.82 Å². The Morgan fingerprint density at radius 2 is 1.92 bits per heavy atom. The molecule has 2 rings (SSSR count). The largest absolute Gasteiger partial charge is 0.466 e. The summed E-state index contributed by atoms with van der Waals surface area (Å²) in [6.07, 6.45) is 5.84. The van der Waals surface area contributed by atoms with Crippen LogP contribution in [0.15, 0.2) is 42.7 Å². The van der Waals surface area contributed by atoms with E-state index >= 15 is 0 Å². The minimum atomic E-state index is -0.458. The monoisotopic (exact) mass is 360 g/mol. The number of amides is 1. The van der Waals surface area contributed by atoms with E-state index in [4.69, 9.17) is 11.6 Å². The zero-order valence-corrected chi connectivity index (χ0v) is 14.3. The number of rotatable bonds is 7. The molecule has 0 aliphatic carbocycles. The van der Waals surface area contributed by atoms with Crippen LogP contribution in [0, 0.1) is 0 Å². The predicted molar refractivity (Wildman–Crippen MR) is 95.4 cm³/mol. The Labute approximate surface area is 150 Å². The van der Waals surface area contributed by atoms with Gasteiger partial charge in [-0.3, -0.25) is 9.78 Å². The Balaban J connectivity index is 1.74. The van der Waals surface area contributed by atoms with Crippen LogP contribution in [0.5, 0.6) is 0 Å². The number of carbonyl (C=O) groups is 2. The van der Waals surface area contributed by atoms with Gasteiger partial charge in [0.25, 0.3) is 5.91 Å². The number of carbonyl (C=O) groups excluding carboxylic acids is 2. The summed E-state index contributed by atoms with van der Waals surface area (Å²) in [6, 6.07) is 6.66. The van der Waals surface area contributed by atoms with Crippen LogP contribution in [0.3, 0.4) is 0 Å². The molecule has 1 amide bonds. The number of nitrogens with one attached hydrogen (secondary N) is 2. The van der Waals surface area contributed by atoms with Crippen LogP contribution in [0.4, 0.5) is 5.82 Å². The molecule has 7 nitrogen and oxygen atoms in total. The quantitative estimate of drug-likeness (QED) is 0.446. The highest BCUT2D eigenvalue weighted by Crippen LogP contribution is 2.09. The van der Waals surface area contributed by atoms with Crippen molar-refractivity contribution in [2.45, 2.75) is 0 Å². The van der Waals surface area contributed by atoms with Gasteiger partial charge < -0.3 is 15.4 Å². The van der Waals surface area contributed by atoms with Crippen molar-refractivity contribution in [3.05, 3.63) is 59.0 Å². The summed E-state index contributed by atoms with van der Waals surface area (Å²) in [4.78, 5) is 31.2. The molecular weight excluding hydrogens is 344 g/mol. The Hall–Kier alpha value is -2.93. The molecule has 2 aromatic rings. The van der Waals surface area contributed by atoms with Gasteiger partial charge in [-0.2, -0.15) is 0 Å². The molecule has 0 aliphatic heterocycles. The molecule has 1 aromatic carbocycles. The van der Waals surface area contributed by atoms with Crippen LogP contribution in [0.2, 0.25) is 5.02 Å². The predicted octanol–water partition coefficient (Wildman–Crippen LogP) is 2.16. The van der Waals surface area contributed by atoms with E-state index in [1.54, 1.807) is 24.3 Å². The fraction of sp³-hybridized carbons (Fsp3) is 0.176. The van der Waals surface area contributed by atoms with Crippen molar-refractivity contribution in [3.8, 4) is 0 Å². The van der Waals surface area contributed by atoms with E-state index in [1.807, 2.05) is 0 Å². The number of ether oxygens (including phenoxy) is 1. The zero-order valence-electron chi connectivity index (χ0n) is 13.5. The lowest BCUT2D eigenvalue weighted by molar-refractivity contribution is -0.134. The molecule has 25 heavy (non-hydrogen) atoms. The Bertz CT molecular complexity index is 745. The fourth-order valence-corrected chi connectivity index (χ4v) is 1.93. The van der Waals surface area contributed by atoms with Gasteiger partial charge in [-0.1, -0.05) is 11.6 Å². The van der Waals surface area contributed by atoms with Gasteiger partial charge in [-0.15, -0.1) is 0 Å². The third-order valence-corrected chi connectivity index (χ3v) is 3.34. The summed E-state index contributed by atoms with van der Waals surface area (Å²) in [5, 5.41) is 6.41. The zero-order chi connectivity index (χ0) is 18.1. The first-order valence-electron chi connectivity index (χ1n) is 7.44. The summed E-state index contributed by atoms with van der Waals surface area (Å²) in [5.74, 6) is -0.0655. The Kier molecular flexibility index (Phi) is 6.91. The van der Waals surface area contributed by atoms with Crippen molar-refractivity contribution < 1.29 is 14.3 Å². The maximum Gasteiger partial charge on any atom is 0.330 e. The van der Waals surface area contributed by atoms with Crippen molar-refractivity contribution >= 4 is 35.4 Å². The number of methoxy groups -OCH3 is 1. The Morgan fingerprint density at radius 1 is 1.16 bits per heavy atom. The van der Waals surface area contributed by atoms with Crippen LogP contribution in [-0.4, -0.2) is 42.0 Å². The summed E-state index contributed by atoms with van der Waals surface area (Å²) < 4.78 is 4.49. The lowest BCUT2D eigenvalue weighted by Crippen LogP contribution is -2.28. The van der Waals surface area contributed by atoms with Gasteiger partial charge in [0, 0.05) is 29.8 Å². The molecule has 8 heteroatoms. The molecule has 0 saturated carbocycles. The average Bonchev–Trinajstić information content (AvgIpc) is 2.64. The molecule has 1 aromatic heterocycles. The minimum absolute atomic E-state index is 0.173. The van der Waals surface area contributed by atoms with Gasteiger partial charge in [0.05, 0.1) is 25.2 Å². The lowest BCUT2D eigenvalue weighted by atomic mass is 10.2. The third-order valence-electron chi connectivity index (χ3n) is 3.09. The number of hydrogen-bond donors (Lipinski definition) is 2. The second kappa shape index (κ2) is 9.39. The van der Waals surface area contributed by atoms with Crippen molar-refractivity contribution in [1.82, 2.24) is 15.3 Å². The van der Waals surface area contributed by atoms with E-state index in [-0.39, 0.29) is 5.91 Å². The van der Waals surface area contributed by atoms with Gasteiger partial charge in [0.2, 0.25) is 0 Å². The molecular formula is C17H17ClN4O3. The van der Waals surface area contributed by atoms with Crippen LogP contribution in [0.1, 0.15) is 16.1 Å². The first-order chi connectivity index (χ1) is 12.1. The van der Waals surface area contributed by atoms with Crippen molar-refractivity contribution in [2.24, 2.45) is 0 Å². The van der Waals surface area contributed by atoms with Crippen LogP contribution >= 0.6 is 11.6 Å². The summed E-state index contributed by atoms with van der Waals surface area (Å²) >= 11 is 5.78. The lowest BCUT2D eigenvalue weighted by Gasteiger charge is -2.07. The number of benzene rings is 1. The topological polar surface area (TPSA) is 93.2 Å². The molecule has 2 N–H and O–H groups in total. The average molecular weight is 361 g/mol. The molecule has 0 aliphatic rings. The summed E-state index contributed by atoms with van der Waals surface area (Å²) in [5.41, 5.74) is 1.08. The maximum absolute atomic E-state index is 11.9. The molecule has 0 bridgehead atoms. The minimum Gasteiger partial charge on any atom is -0.466 e. The summed E-state index contributed by atoms with van der Waals surface area (Å²) in [6.45, 7) is 0.915. The second-order valence-electron chi connectivity index (χ2n) is 4.87. The molecule has 0 unspecified atom stereocenters. The van der Waals surface area contributed by atoms with Crippen molar-refractivity contribution in [3.63, 3.8) is 0 Å². The Morgan fingerprint density at radius 3 is 2.56 bits per heavy atom. The van der Waals surface area contributed by atoms with Gasteiger partial charge in [-0.05, 0) is 30.3 Å². The fourth-order valence-electron chi connectivity index (χ4n) is 1.81. The number of hydrogen-bond acceptors (Lipinski definition) is 6. The van der Waals surface area contributed by atoms with Crippen molar-refractivity contribution in [1.29, 1.82) is 0 Å². The molecule has 0 radical (unpaired) electrons. The number of aromatic nitrogens is 2. The molecule has 1 heterocycles. The van der Waals surface area contributed by atoms with Crippen LogP contribution in [0.25, 0.3) is 6.08 Å². The van der Waals surface area contributed by atoms with E-state index in [0.29, 0.717) is 35.2 Å². The second-order valence-corrected chi connectivity index (χ2v) is 5.31. The van der Waals surface area contributed by atoms with E-state index in [9.17, 15) is 9.59 Å². The van der Waals surface area contributed by atoms with E-state index in [1.165, 1.54) is 31.7 Å². The molecule has 130 valence electrons. The van der Waals surface area contributed by atoms with Crippen LogP contribution < -0.4 is 10.6 Å². The first kappa shape index (κ1) is 18.4. The highest BCUT2D eigenvalue weighted by atomic mass is 35.5. The molecule has 0 fully saturated rings. The number of halogens is 1. The smallest absolute Gasteiger partial charge is 0.330 e. The van der Waals surface area contributed by atoms with Crippen molar-refractivity contribution in [2.75, 3.05) is 25.5 Å². The van der Waals surface area contributed by atoms with Gasteiger partial charge in [0.15, 0.2) is 0 Å². The highest BCUT2D eigenvalue weighted by molar-refractivity contribution is 6.30. The molecule has 0 atom stereocenters. The number of esters is 1. The van der Waals surface area contributed by atoms with Crippen LogP contribution in [-0.2, 0) is 9.53 Å². The SMILES string of the molecule is COC(=O)/C=C/c1cnc(NCCNC(=O)c2ccc(Cl)cc2)cn1. The molecule has 0 saturated heterocycles. The van der Waals surface area contributed by atoms with Gasteiger partial charge >= 0.3 is 5.97 Å². The molecule has 0 spiro atoms. The normalized spacial score (nSPS) is 10.5. The van der Waals surface area contributed by atoms with E-state index in [0.717, 1.165) is 0 Å². The van der Waals surface area contributed by atoms with E-state index in [2.05, 4.69) is 25.3 Å². The standard InChI is InChI=1S/C17H17ClN4O3/c1-25-16(23)7-6-14-10-22-15(11-21-14)19-8-9-20-17(24)12-2-4-13(18)5-3-12/h2-7,10-11H,8-9H2,1H3,(H,19,22)(H,20,24)/b7-6+. The highest BCUT2D eigenvalue weighted by Gasteiger charge is 2.04. The number of nitrogens with zero attached hydrogens (tertiary/aromatic N) is 2. The summed E-state index contributed by atoms with van der Waals surface area (Å²) in [7, 11) is 1.30. The third kappa shape index (κ3) is 6.23. The number of anilines is 1. The first-order valence-corrected chi connectivity index (χ1v) is 7.82. The maximum atomic E-state index is 11.9. The van der Waals surface area contributed by atoms with E-state index < -0.39 is 5.97 Å². The van der Waals surface area contributed by atoms with Gasteiger partial charge in [-0.25, -0.2) is 9.78 Å².